The molecule has 0 atom stereocenters. The van der Waals surface area contributed by atoms with Gasteiger partial charge < -0.3 is 4.74 Å². The summed E-state index contributed by atoms with van der Waals surface area (Å²) in [6.07, 6.45) is 5.24. The van der Waals surface area contributed by atoms with E-state index >= 15 is 0 Å². The number of hydrogen-bond acceptors (Lipinski definition) is 4. The summed E-state index contributed by atoms with van der Waals surface area (Å²) in [5, 5.41) is 0. The second-order valence-corrected chi connectivity index (χ2v) is 17.6. The Hall–Kier alpha value is -3.21. The zero-order chi connectivity index (χ0) is 35.1. The van der Waals surface area contributed by atoms with Gasteiger partial charge in [0.1, 0.15) is 0 Å². The third-order valence-corrected chi connectivity index (χ3v) is 12.2. The Labute approximate surface area is 297 Å². The number of hydrogen-bond donors (Lipinski definition) is 0. The SMILES string of the molecule is CC1(C)CCC(C)(C)c2cc(C(=O)CCCl)ccc21.COC(=O)c1ccc(-c2ccc(-c3ccc4c(c3)C(C)(C)CCC4(C)C)s2)cc1. The van der Waals surface area contributed by atoms with Gasteiger partial charge in [-0.25, -0.2) is 4.79 Å². The molecule has 0 aliphatic heterocycles. The van der Waals surface area contributed by atoms with E-state index in [0.29, 0.717) is 17.9 Å². The molecule has 0 fully saturated rings. The average Bonchev–Trinajstić information content (AvgIpc) is 3.56. The van der Waals surface area contributed by atoms with Gasteiger partial charge in [-0.05, 0) is 117 Å². The monoisotopic (exact) mass is 682 g/mol. The number of ether oxygens (including phenoxy) is 1. The zero-order valence-corrected chi connectivity index (χ0v) is 31.8. The normalized spacial score (nSPS) is 18.0. The maximum atomic E-state index is 12.0. The number of fused-ring (bicyclic) bond motifs is 2. The van der Waals surface area contributed by atoms with Gasteiger partial charge in [-0.1, -0.05) is 91.8 Å². The molecule has 1 heterocycles. The fourth-order valence-electron chi connectivity index (χ4n) is 7.27. The molecule has 3 aromatic carbocycles. The van der Waals surface area contributed by atoms with Crippen molar-refractivity contribution < 1.29 is 14.3 Å². The smallest absolute Gasteiger partial charge is 0.337 e. The summed E-state index contributed by atoms with van der Waals surface area (Å²) in [5.74, 6) is 0.241. The molecule has 254 valence electrons. The standard InChI is InChI=1S/C26H28O2S.C17H23ClO/c1-25(2)14-15-26(3,4)21-16-19(10-11-20(21)25)23-13-12-22(29-23)17-6-8-18(9-7-17)24(27)28-5;1-16(2)8-9-17(3,4)14-11-12(5-6-13(14)16)15(19)7-10-18/h6-13,16H,14-15H2,1-5H3;5-6,11H,7-10H2,1-4H3. The van der Waals surface area contributed by atoms with Crippen molar-refractivity contribution in [2.75, 3.05) is 13.0 Å². The summed E-state index contributed by atoms with van der Waals surface area (Å²) in [4.78, 5) is 26.1. The van der Waals surface area contributed by atoms with E-state index in [1.165, 1.54) is 70.4 Å². The lowest BCUT2D eigenvalue weighted by Gasteiger charge is -2.42. The summed E-state index contributed by atoms with van der Waals surface area (Å²) < 4.78 is 4.78. The van der Waals surface area contributed by atoms with Gasteiger partial charge in [0, 0.05) is 27.6 Å². The summed E-state index contributed by atoms with van der Waals surface area (Å²) in [7, 11) is 1.41. The number of alkyl halides is 1. The molecule has 0 unspecified atom stereocenters. The second-order valence-electron chi connectivity index (χ2n) is 16.2. The van der Waals surface area contributed by atoms with Crippen LogP contribution in [0.5, 0.6) is 0 Å². The number of methoxy groups -OCH3 is 1. The lowest BCUT2D eigenvalue weighted by molar-refractivity contribution is 0.0600. The van der Waals surface area contributed by atoms with E-state index in [1.807, 2.05) is 30.3 Å². The van der Waals surface area contributed by atoms with Crippen molar-refractivity contribution in [3.8, 4) is 20.9 Å². The topological polar surface area (TPSA) is 43.4 Å². The van der Waals surface area contributed by atoms with Crippen molar-refractivity contribution >= 4 is 34.7 Å². The predicted molar refractivity (Wildman–Crippen MR) is 203 cm³/mol. The van der Waals surface area contributed by atoms with Crippen molar-refractivity contribution in [1.82, 2.24) is 0 Å². The van der Waals surface area contributed by atoms with Gasteiger partial charge in [-0.2, -0.15) is 0 Å². The van der Waals surface area contributed by atoms with Crippen LogP contribution in [0.3, 0.4) is 0 Å². The van der Waals surface area contributed by atoms with Crippen molar-refractivity contribution in [3.63, 3.8) is 0 Å². The zero-order valence-electron chi connectivity index (χ0n) is 30.2. The molecule has 4 aromatic rings. The number of Topliss-reactive ketones (excluding diaryl/α,β-unsaturated/α-hetero) is 1. The van der Waals surface area contributed by atoms with Crippen LogP contribution in [0.1, 0.15) is 130 Å². The van der Waals surface area contributed by atoms with Gasteiger partial charge in [-0.3, -0.25) is 4.79 Å². The van der Waals surface area contributed by atoms with Crippen molar-refractivity contribution in [2.24, 2.45) is 0 Å². The Kier molecular flexibility index (Phi) is 10.2. The first-order valence-corrected chi connectivity index (χ1v) is 18.5. The van der Waals surface area contributed by atoms with Gasteiger partial charge in [0.2, 0.25) is 0 Å². The molecule has 0 spiro atoms. The van der Waals surface area contributed by atoms with Crippen LogP contribution in [0, 0.1) is 0 Å². The number of carbonyl (C=O) groups is 2. The fraction of sp³-hybridized carbons (Fsp3) is 0.442. The van der Waals surface area contributed by atoms with Gasteiger partial charge in [-0.15, -0.1) is 22.9 Å². The lowest BCUT2D eigenvalue weighted by Crippen LogP contribution is -2.34. The van der Waals surface area contributed by atoms with Crippen LogP contribution in [0.4, 0.5) is 0 Å². The third kappa shape index (κ3) is 7.36. The number of ketones is 1. The third-order valence-electron chi connectivity index (χ3n) is 10.8. The van der Waals surface area contributed by atoms with Crippen LogP contribution in [0.15, 0.2) is 72.8 Å². The number of rotatable bonds is 6. The molecule has 0 radical (unpaired) electrons. The van der Waals surface area contributed by atoms with Crippen LogP contribution in [0.2, 0.25) is 0 Å². The maximum Gasteiger partial charge on any atom is 0.337 e. The molecular weight excluding hydrogens is 632 g/mol. The predicted octanol–water partition coefficient (Wildman–Crippen LogP) is 12.1. The van der Waals surface area contributed by atoms with E-state index in [9.17, 15) is 9.59 Å². The first-order valence-electron chi connectivity index (χ1n) is 17.2. The Morgan fingerprint density at radius 1 is 0.604 bits per heavy atom. The van der Waals surface area contributed by atoms with Gasteiger partial charge in [0.25, 0.3) is 0 Å². The van der Waals surface area contributed by atoms with Crippen molar-refractivity contribution in [3.05, 3.63) is 106 Å². The fourth-order valence-corrected chi connectivity index (χ4v) is 8.45. The Morgan fingerprint density at radius 3 is 1.56 bits per heavy atom. The highest BCUT2D eigenvalue weighted by Crippen LogP contribution is 2.48. The molecule has 5 heteroatoms. The van der Waals surface area contributed by atoms with Crippen LogP contribution in [-0.2, 0) is 26.4 Å². The minimum absolute atomic E-state index is 0.150. The molecule has 1 aromatic heterocycles. The Balaban J connectivity index is 0.000000206. The molecule has 2 aliphatic carbocycles. The molecule has 0 bridgehead atoms. The molecule has 2 aliphatic rings. The van der Waals surface area contributed by atoms with E-state index in [1.54, 1.807) is 11.3 Å². The van der Waals surface area contributed by atoms with E-state index in [-0.39, 0.29) is 33.4 Å². The van der Waals surface area contributed by atoms with Gasteiger partial charge in [0.05, 0.1) is 12.7 Å². The van der Waals surface area contributed by atoms with E-state index in [4.69, 9.17) is 16.3 Å². The highest BCUT2D eigenvalue weighted by molar-refractivity contribution is 7.18. The van der Waals surface area contributed by atoms with Crippen molar-refractivity contribution in [1.29, 1.82) is 0 Å². The van der Waals surface area contributed by atoms with Gasteiger partial charge >= 0.3 is 5.97 Å². The van der Waals surface area contributed by atoms with E-state index < -0.39 is 0 Å². The molecule has 0 saturated heterocycles. The summed E-state index contributed by atoms with van der Waals surface area (Å²) >= 11 is 7.46. The second kappa shape index (κ2) is 13.6. The quantitative estimate of drug-likeness (QED) is 0.115. The number of carbonyl (C=O) groups excluding carboxylic acids is 2. The number of esters is 1. The molecule has 6 rings (SSSR count). The molecule has 0 saturated carbocycles. The summed E-state index contributed by atoms with van der Waals surface area (Å²) in [6, 6.07) is 25.2. The number of benzene rings is 3. The van der Waals surface area contributed by atoms with Crippen LogP contribution in [-0.4, -0.2) is 24.7 Å². The Morgan fingerprint density at radius 2 is 1.04 bits per heavy atom. The number of halogens is 1. The highest BCUT2D eigenvalue weighted by atomic mass is 35.5. The number of thiophene rings is 1. The molecule has 3 nitrogen and oxygen atoms in total. The summed E-state index contributed by atoms with van der Waals surface area (Å²) in [5.41, 5.74) is 10.3. The lowest BCUT2D eigenvalue weighted by atomic mass is 9.63. The van der Waals surface area contributed by atoms with E-state index in [2.05, 4.69) is 97.9 Å². The van der Waals surface area contributed by atoms with Crippen LogP contribution < -0.4 is 0 Å². The van der Waals surface area contributed by atoms with Crippen LogP contribution in [0.25, 0.3) is 20.9 Å². The molecular formula is C43H51ClO3S. The minimum atomic E-state index is -0.303. The highest BCUT2D eigenvalue weighted by Gasteiger charge is 2.38. The average molecular weight is 683 g/mol. The largest absolute Gasteiger partial charge is 0.465 e. The van der Waals surface area contributed by atoms with E-state index in [0.717, 1.165) is 11.1 Å². The minimum Gasteiger partial charge on any atom is -0.465 e. The van der Waals surface area contributed by atoms with Crippen molar-refractivity contribution in [2.45, 2.75) is 109 Å². The first-order chi connectivity index (χ1) is 22.5. The summed E-state index contributed by atoms with van der Waals surface area (Å²) in [6.45, 7) is 18.6. The molecule has 0 N–H and O–H groups in total. The molecule has 0 amide bonds. The van der Waals surface area contributed by atoms with Crippen LogP contribution >= 0.6 is 22.9 Å². The Bertz CT molecular complexity index is 1810. The van der Waals surface area contributed by atoms with Gasteiger partial charge in [0.15, 0.2) is 5.78 Å². The first kappa shape index (κ1) is 36.1. The maximum absolute atomic E-state index is 12.0. The molecule has 48 heavy (non-hydrogen) atoms.